The van der Waals surface area contributed by atoms with E-state index >= 15 is 0 Å². The molecule has 3 atom stereocenters. The molecule has 0 N–H and O–H groups in total. The molecule has 0 bridgehead atoms. The first-order valence-electron chi connectivity index (χ1n) is 3.61. The molecule has 13 heavy (non-hydrogen) atoms. The summed E-state index contributed by atoms with van der Waals surface area (Å²) >= 11 is 2.02. The van der Waals surface area contributed by atoms with Gasteiger partial charge in [0.05, 0.1) is 17.6 Å². The summed E-state index contributed by atoms with van der Waals surface area (Å²) in [4.78, 5) is 24.6. The molecule has 0 aliphatic carbocycles. The Labute approximate surface area is 88.6 Å². The molecule has 0 amide bonds. The highest BCUT2D eigenvalue weighted by Gasteiger charge is 2.40. The van der Waals surface area contributed by atoms with E-state index in [1.807, 2.05) is 22.6 Å². The van der Waals surface area contributed by atoms with Crippen molar-refractivity contribution in [3.05, 3.63) is 0 Å². The number of esters is 1. The second kappa shape index (κ2) is 4.69. The van der Waals surface area contributed by atoms with E-state index in [0.29, 0.717) is 0 Å². The fourth-order valence-corrected chi connectivity index (χ4v) is 1.95. The van der Waals surface area contributed by atoms with Gasteiger partial charge in [-0.1, -0.05) is 22.6 Å². The molecule has 0 saturated carbocycles. The van der Waals surface area contributed by atoms with Gasteiger partial charge in [-0.15, -0.1) is 0 Å². The van der Waals surface area contributed by atoms with E-state index in [9.17, 15) is 9.59 Å². The highest BCUT2D eigenvalue weighted by Crippen LogP contribution is 2.25. The van der Waals surface area contributed by atoms with Gasteiger partial charge < -0.3 is 9.47 Å². The maximum absolute atomic E-state index is 11.1. The van der Waals surface area contributed by atoms with Crippen molar-refractivity contribution in [2.75, 3.05) is 13.7 Å². The average molecular weight is 297 g/mol. The number of halogens is 1. The Kier molecular flexibility index (Phi) is 3.83. The van der Waals surface area contributed by atoms with Crippen molar-refractivity contribution in [3.8, 4) is 0 Å². The van der Waals surface area contributed by atoms with Gasteiger partial charge in [-0.2, -0.15) is 4.99 Å². The fraction of sp³-hybridized carbons (Fsp3) is 0.714. The first-order valence-corrected chi connectivity index (χ1v) is 4.85. The molecule has 5 nitrogen and oxygen atoms in total. The number of nitrogens with zero attached hydrogens (tertiary/aromatic N) is 1. The molecule has 72 valence electrons. The minimum Gasteiger partial charge on any atom is -0.467 e. The Balaban J connectivity index is 2.64. The van der Waals surface area contributed by atoms with E-state index in [1.165, 1.54) is 13.2 Å². The fourth-order valence-electron chi connectivity index (χ4n) is 1.08. The molecule has 0 aromatic carbocycles. The van der Waals surface area contributed by atoms with Crippen molar-refractivity contribution >= 4 is 34.6 Å². The van der Waals surface area contributed by atoms with Gasteiger partial charge >= 0.3 is 5.97 Å². The molecule has 1 saturated heterocycles. The molecule has 1 rings (SSSR count). The zero-order valence-electron chi connectivity index (χ0n) is 6.90. The smallest absolute Gasteiger partial charge is 0.336 e. The van der Waals surface area contributed by atoms with Gasteiger partial charge in [-0.3, -0.25) is 0 Å². The zero-order chi connectivity index (χ0) is 9.84. The van der Waals surface area contributed by atoms with Crippen LogP contribution < -0.4 is 0 Å². The number of ether oxygens (including phenoxy) is 2. The van der Waals surface area contributed by atoms with Gasteiger partial charge in [0.25, 0.3) is 0 Å². The summed E-state index contributed by atoms with van der Waals surface area (Å²) in [6.07, 6.45) is 0.838. The Hall–Kier alpha value is -0.460. The molecule has 0 spiro atoms. The number of alkyl halides is 1. The van der Waals surface area contributed by atoms with E-state index in [-0.39, 0.29) is 16.6 Å². The SMILES string of the molecule is COC(=O)C1OCC(N=C=O)C1I. The zero-order valence-corrected chi connectivity index (χ0v) is 9.05. The second-order valence-electron chi connectivity index (χ2n) is 2.51. The lowest BCUT2D eigenvalue weighted by Gasteiger charge is -2.10. The van der Waals surface area contributed by atoms with Crippen LogP contribution in [-0.2, 0) is 19.1 Å². The molecular formula is C7H8INO4. The van der Waals surface area contributed by atoms with Crippen LogP contribution in [0.25, 0.3) is 0 Å². The van der Waals surface area contributed by atoms with Crippen LogP contribution in [0.2, 0.25) is 0 Å². The largest absolute Gasteiger partial charge is 0.467 e. The minimum atomic E-state index is -0.618. The standard InChI is InChI=1S/C7H8INO4/c1-12-7(11)6-5(8)4(2-13-6)9-3-10/h4-6H,2H2,1H3. The van der Waals surface area contributed by atoms with Gasteiger partial charge in [-0.05, 0) is 0 Å². The van der Waals surface area contributed by atoms with Crippen LogP contribution in [0.4, 0.5) is 0 Å². The number of hydrogen-bond donors (Lipinski definition) is 0. The third-order valence-electron chi connectivity index (χ3n) is 1.76. The van der Waals surface area contributed by atoms with Crippen LogP contribution in [-0.4, -0.2) is 41.8 Å². The van der Waals surface area contributed by atoms with E-state index in [2.05, 4.69) is 9.73 Å². The molecular weight excluding hydrogens is 289 g/mol. The van der Waals surface area contributed by atoms with E-state index in [4.69, 9.17) is 4.74 Å². The van der Waals surface area contributed by atoms with Gasteiger partial charge in [0.2, 0.25) is 6.08 Å². The molecule has 1 heterocycles. The lowest BCUT2D eigenvalue weighted by Crippen LogP contribution is -2.31. The number of isocyanates is 1. The monoisotopic (exact) mass is 297 g/mol. The molecule has 6 heteroatoms. The summed E-state index contributed by atoms with van der Waals surface area (Å²) in [5, 5.41) is 0. The second-order valence-corrected chi connectivity index (χ2v) is 3.95. The summed E-state index contributed by atoms with van der Waals surface area (Å²) in [6.45, 7) is 0.266. The summed E-state index contributed by atoms with van der Waals surface area (Å²) in [6, 6.07) is -0.290. The topological polar surface area (TPSA) is 65.0 Å². The van der Waals surface area contributed by atoms with Crippen molar-refractivity contribution in [3.63, 3.8) is 0 Å². The predicted octanol–water partition coefficient (Wildman–Crippen LogP) is 0.0662. The van der Waals surface area contributed by atoms with Gasteiger partial charge in [0.15, 0.2) is 6.10 Å². The van der Waals surface area contributed by atoms with Crippen LogP contribution in [0.15, 0.2) is 4.99 Å². The van der Waals surface area contributed by atoms with Crippen molar-refractivity contribution in [1.82, 2.24) is 0 Å². The highest BCUT2D eigenvalue weighted by atomic mass is 127. The first-order chi connectivity index (χ1) is 6.20. The number of carbonyl (C=O) groups excluding carboxylic acids is 2. The van der Waals surface area contributed by atoms with Crippen molar-refractivity contribution in [1.29, 1.82) is 0 Å². The number of aliphatic imine (C=N–C) groups is 1. The summed E-state index contributed by atoms with van der Waals surface area (Å²) in [5.74, 6) is -0.428. The Morgan fingerprint density at radius 3 is 3.00 bits per heavy atom. The number of hydrogen-bond acceptors (Lipinski definition) is 5. The first kappa shape index (κ1) is 10.6. The van der Waals surface area contributed by atoms with E-state index in [1.54, 1.807) is 0 Å². The van der Waals surface area contributed by atoms with Gasteiger partial charge in [-0.25, -0.2) is 9.59 Å². The Morgan fingerprint density at radius 2 is 2.46 bits per heavy atom. The number of methoxy groups -OCH3 is 1. The Morgan fingerprint density at radius 1 is 1.77 bits per heavy atom. The normalized spacial score (nSPS) is 32.3. The third kappa shape index (κ3) is 2.26. The highest BCUT2D eigenvalue weighted by molar-refractivity contribution is 14.1. The quantitative estimate of drug-likeness (QED) is 0.238. The average Bonchev–Trinajstić information content (AvgIpc) is 2.48. The lowest BCUT2D eigenvalue weighted by molar-refractivity contribution is -0.150. The van der Waals surface area contributed by atoms with E-state index in [0.717, 1.165) is 0 Å². The summed E-state index contributed by atoms with van der Waals surface area (Å²) < 4.78 is 9.49. The summed E-state index contributed by atoms with van der Waals surface area (Å²) in [7, 11) is 1.30. The summed E-state index contributed by atoms with van der Waals surface area (Å²) in [5.41, 5.74) is 0. The predicted molar refractivity (Wildman–Crippen MR) is 51.5 cm³/mol. The van der Waals surface area contributed by atoms with Gasteiger partial charge in [0.1, 0.15) is 6.04 Å². The molecule has 0 aromatic heterocycles. The maximum Gasteiger partial charge on any atom is 0.336 e. The van der Waals surface area contributed by atoms with Gasteiger partial charge in [0, 0.05) is 0 Å². The lowest BCUT2D eigenvalue weighted by atomic mass is 10.2. The maximum atomic E-state index is 11.1. The minimum absolute atomic E-state index is 0.161. The van der Waals surface area contributed by atoms with Crippen LogP contribution in [0, 0.1) is 0 Å². The molecule has 0 aromatic rings. The third-order valence-corrected chi connectivity index (χ3v) is 3.24. The van der Waals surface area contributed by atoms with Crippen LogP contribution in [0.1, 0.15) is 0 Å². The van der Waals surface area contributed by atoms with Crippen molar-refractivity contribution < 1.29 is 19.1 Å². The number of rotatable bonds is 2. The molecule has 3 unspecified atom stereocenters. The Bertz CT molecular complexity index is 251. The van der Waals surface area contributed by atoms with Crippen LogP contribution >= 0.6 is 22.6 Å². The molecule has 1 fully saturated rings. The molecule has 0 radical (unpaired) electrons. The molecule has 1 aliphatic heterocycles. The van der Waals surface area contributed by atoms with E-state index < -0.39 is 12.1 Å². The van der Waals surface area contributed by atoms with Crippen molar-refractivity contribution in [2.24, 2.45) is 4.99 Å². The number of carbonyl (C=O) groups is 1. The molecule has 1 aliphatic rings. The van der Waals surface area contributed by atoms with Crippen LogP contribution in [0.5, 0.6) is 0 Å². The van der Waals surface area contributed by atoms with Crippen LogP contribution in [0.3, 0.4) is 0 Å². The van der Waals surface area contributed by atoms with Crippen molar-refractivity contribution in [2.45, 2.75) is 16.1 Å².